The van der Waals surface area contributed by atoms with Crippen LogP contribution in [0.5, 0.6) is 0 Å². The van der Waals surface area contributed by atoms with E-state index in [0.29, 0.717) is 12.2 Å². The van der Waals surface area contributed by atoms with Gasteiger partial charge in [-0.3, -0.25) is 14.5 Å². The Morgan fingerprint density at radius 3 is 2.96 bits per heavy atom. The third kappa shape index (κ3) is 2.86. The molecule has 4 rings (SSSR count). The number of carbonyl (C=O) groups excluding carboxylic acids is 1. The highest BCUT2D eigenvalue weighted by Crippen LogP contribution is 2.28. The first-order valence-corrected chi connectivity index (χ1v) is 8.49. The van der Waals surface area contributed by atoms with Gasteiger partial charge in [-0.2, -0.15) is 5.10 Å². The fourth-order valence-electron chi connectivity index (χ4n) is 3.52. The first-order valence-electron chi connectivity index (χ1n) is 8.49. The molecule has 128 valence electrons. The number of piperidine rings is 1. The van der Waals surface area contributed by atoms with Crippen molar-refractivity contribution in [1.82, 2.24) is 29.6 Å². The second-order valence-electron chi connectivity index (χ2n) is 6.50. The highest BCUT2D eigenvalue weighted by atomic mass is 16.2. The lowest BCUT2D eigenvalue weighted by molar-refractivity contribution is 0.0699. The summed E-state index contributed by atoms with van der Waals surface area (Å²) in [4.78, 5) is 27.4. The first-order chi connectivity index (χ1) is 12.1. The Hall–Kier alpha value is -2.83. The van der Waals surface area contributed by atoms with E-state index in [1.54, 1.807) is 12.4 Å². The van der Waals surface area contributed by atoms with E-state index in [9.17, 15) is 4.79 Å². The van der Waals surface area contributed by atoms with Gasteiger partial charge >= 0.3 is 0 Å². The van der Waals surface area contributed by atoms with E-state index >= 15 is 0 Å². The van der Waals surface area contributed by atoms with Gasteiger partial charge < -0.3 is 4.90 Å². The Labute approximate surface area is 145 Å². The number of fused-ring (bicyclic) bond motifs is 1. The molecule has 7 nitrogen and oxygen atoms in total. The summed E-state index contributed by atoms with van der Waals surface area (Å²) >= 11 is 0. The topological polar surface area (TPSA) is 76.8 Å². The Bertz CT molecular complexity index is 920. The maximum absolute atomic E-state index is 12.6. The SMILES string of the molecule is Cc1nn(C)c2nc([C@H]3CCCN(C(=O)c4cnccn4)C3)ccc12. The lowest BCUT2D eigenvalue weighted by atomic mass is 9.94. The maximum atomic E-state index is 12.6. The van der Waals surface area contributed by atoms with Gasteiger partial charge in [0, 0.05) is 49.5 Å². The smallest absolute Gasteiger partial charge is 0.274 e. The first kappa shape index (κ1) is 15.7. The summed E-state index contributed by atoms with van der Waals surface area (Å²) < 4.78 is 1.82. The van der Waals surface area contributed by atoms with Gasteiger partial charge in [0.2, 0.25) is 0 Å². The van der Waals surface area contributed by atoms with Crippen molar-refractivity contribution in [1.29, 1.82) is 0 Å². The Morgan fingerprint density at radius 2 is 2.16 bits per heavy atom. The van der Waals surface area contributed by atoms with Gasteiger partial charge in [0.25, 0.3) is 5.91 Å². The lowest BCUT2D eigenvalue weighted by Crippen LogP contribution is -2.39. The van der Waals surface area contributed by atoms with Crippen LogP contribution in [0.2, 0.25) is 0 Å². The molecule has 3 aromatic heterocycles. The molecule has 1 aliphatic heterocycles. The molecule has 25 heavy (non-hydrogen) atoms. The van der Waals surface area contributed by atoms with Crippen LogP contribution in [0.4, 0.5) is 0 Å². The number of rotatable bonds is 2. The number of aryl methyl sites for hydroxylation is 2. The number of amides is 1. The van der Waals surface area contributed by atoms with Gasteiger partial charge in [0.1, 0.15) is 5.69 Å². The molecule has 0 saturated carbocycles. The normalized spacial score (nSPS) is 17.8. The number of nitrogens with zero attached hydrogens (tertiary/aromatic N) is 6. The number of aromatic nitrogens is 5. The molecule has 1 saturated heterocycles. The van der Waals surface area contributed by atoms with Crippen LogP contribution in [-0.4, -0.2) is 48.6 Å². The van der Waals surface area contributed by atoms with E-state index in [1.165, 1.54) is 6.20 Å². The molecule has 0 bridgehead atoms. The molecule has 0 radical (unpaired) electrons. The van der Waals surface area contributed by atoms with E-state index in [2.05, 4.69) is 27.2 Å². The summed E-state index contributed by atoms with van der Waals surface area (Å²) in [6, 6.07) is 4.15. The van der Waals surface area contributed by atoms with Crippen molar-refractivity contribution in [3.63, 3.8) is 0 Å². The second kappa shape index (κ2) is 6.23. The molecule has 1 fully saturated rings. The van der Waals surface area contributed by atoms with Gasteiger partial charge in [-0.25, -0.2) is 9.97 Å². The molecule has 0 unspecified atom stereocenters. The maximum Gasteiger partial charge on any atom is 0.274 e. The summed E-state index contributed by atoms with van der Waals surface area (Å²) in [6.45, 7) is 3.40. The molecule has 1 aliphatic rings. The second-order valence-corrected chi connectivity index (χ2v) is 6.50. The van der Waals surface area contributed by atoms with E-state index < -0.39 is 0 Å². The van der Waals surface area contributed by atoms with Crippen molar-refractivity contribution < 1.29 is 4.79 Å². The summed E-state index contributed by atoms with van der Waals surface area (Å²) in [7, 11) is 1.91. The molecule has 3 aromatic rings. The number of carbonyl (C=O) groups is 1. The van der Waals surface area contributed by atoms with Crippen LogP contribution in [-0.2, 0) is 7.05 Å². The van der Waals surface area contributed by atoms with E-state index in [-0.39, 0.29) is 11.8 Å². The lowest BCUT2D eigenvalue weighted by Gasteiger charge is -2.32. The highest BCUT2D eigenvalue weighted by molar-refractivity contribution is 5.92. The van der Waals surface area contributed by atoms with Gasteiger partial charge in [-0.05, 0) is 31.9 Å². The summed E-state index contributed by atoms with van der Waals surface area (Å²) in [6.07, 6.45) is 6.63. The van der Waals surface area contributed by atoms with Crippen molar-refractivity contribution >= 4 is 16.9 Å². The fraction of sp³-hybridized carbons (Fsp3) is 0.389. The van der Waals surface area contributed by atoms with Gasteiger partial charge in [0.05, 0.1) is 11.9 Å². The fourth-order valence-corrected chi connectivity index (χ4v) is 3.52. The molecule has 7 heteroatoms. The number of likely N-dealkylation sites (tertiary alicyclic amines) is 1. The molecule has 4 heterocycles. The van der Waals surface area contributed by atoms with Crippen molar-refractivity contribution in [3.8, 4) is 0 Å². The standard InChI is InChI=1S/C18H20N6O/c1-12-14-5-6-15(21-17(14)23(2)22-12)13-4-3-9-24(11-13)18(25)16-10-19-7-8-20-16/h5-8,10,13H,3-4,9,11H2,1-2H3/t13-/m0/s1. The van der Waals surface area contributed by atoms with Crippen molar-refractivity contribution in [3.05, 3.63) is 47.8 Å². The van der Waals surface area contributed by atoms with Crippen LogP contribution in [0.15, 0.2) is 30.7 Å². The minimum Gasteiger partial charge on any atom is -0.337 e. The average molecular weight is 336 g/mol. The third-order valence-corrected chi connectivity index (χ3v) is 4.80. The van der Waals surface area contributed by atoms with E-state index in [4.69, 9.17) is 4.98 Å². The van der Waals surface area contributed by atoms with Crippen LogP contribution < -0.4 is 0 Å². The number of pyridine rings is 1. The molecule has 0 aliphatic carbocycles. The van der Waals surface area contributed by atoms with Crippen LogP contribution in [0.3, 0.4) is 0 Å². The molecule has 1 atom stereocenters. The minimum absolute atomic E-state index is 0.0599. The van der Waals surface area contributed by atoms with E-state index in [0.717, 1.165) is 41.8 Å². The largest absolute Gasteiger partial charge is 0.337 e. The Balaban J connectivity index is 1.59. The monoisotopic (exact) mass is 336 g/mol. The minimum atomic E-state index is -0.0599. The van der Waals surface area contributed by atoms with Gasteiger partial charge in [-0.1, -0.05) is 0 Å². The van der Waals surface area contributed by atoms with Crippen LogP contribution in [0.25, 0.3) is 11.0 Å². The third-order valence-electron chi connectivity index (χ3n) is 4.80. The van der Waals surface area contributed by atoms with Gasteiger partial charge in [-0.15, -0.1) is 0 Å². The van der Waals surface area contributed by atoms with E-state index in [1.807, 2.05) is 23.6 Å². The summed E-state index contributed by atoms with van der Waals surface area (Å²) in [5, 5.41) is 5.51. The van der Waals surface area contributed by atoms with Crippen molar-refractivity contribution in [2.24, 2.45) is 7.05 Å². The molecule has 1 amide bonds. The molecule has 0 spiro atoms. The van der Waals surface area contributed by atoms with Crippen LogP contribution in [0, 0.1) is 6.92 Å². The predicted molar refractivity (Wildman–Crippen MR) is 93.2 cm³/mol. The Kier molecular flexibility index (Phi) is 3.91. The molecule has 0 N–H and O–H groups in total. The number of hydrogen-bond acceptors (Lipinski definition) is 5. The van der Waals surface area contributed by atoms with Crippen molar-refractivity contribution in [2.75, 3.05) is 13.1 Å². The highest BCUT2D eigenvalue weighted by Gasteiger charge is 2.27. The summed E-state index contributed by atoms with van der Waals surface area (Å²) in [5.41, 5.74) is 3.30. The van der Waals surface area contributed by atoms with Gasteiger partial charge in [0.15, 0.2) is 5.65 Å². The molecule has 0 aromatic carbocycles. The molecular weight excluding hydrogens is 316 g/mol. The number of hydrogen-bond donors (Lipinski definition) is 0. The zero-order valence-corrected chi connectivity index (χ0v) is 14.4. The zero-order valence-electron chi connectivity index (χ0n) is 14.4. The summed E-state index contributed by atoms with van der Waals surface area (Å²) in [5.74, 6) is 0.171. The van der Waals surface area contributed by atoms with Crippen LogP contribution in [0.1, 0.15) is 40.6 Å². The van der Waals surface area contributed by atoms with Crippen molar-refractivity contribution in [2.45, 2.75) is 25.7 Å². The zero-order chi connectivity index (χ0) is 17.4. The predicted octanol–water partition coefficient (Wildman–Crippen LogP) is 2.09. The Morgan fingerprint density at radius 1 is 1.28 bits per heavy atom. The average Bonchev–Trinajstić information content (AvgIpc) is 2.95. The van der Waals surface area contributed by atoms with Crippen LogP contribution >= 0.6 is 0 Å². The molecular formula is C18H20N6O. The quantitative estimate of drug-likeness (QED) is 0.716.